The largest absolute Gasteiger partial charge is 0.494 e. The summed E-state index contributed by atoms with van der Waals surface area (Å²) in [5.74, 6) is 0.943. The van der Waals surface area contributed by atoms with Gasteiger partial charge in [0.05, 0.1) is 12.7 Å². The summed E-state index contributed by atoms with van der Waals surface area (Å²) in [6.45, 7) is 6.77. The Bertz CT molecular complexity index is 358. The molecule has 1 aromatic carbocycles. The van der Waals surface area contributed by atoms with E-state index in [-0.39, 0.29) is 0 Å². The first-order valence-corrected chi connectivity index (χ1v) is 7.41. The number of nitrogens with one attached hydrogen (secondary N) is 1. The van der Waals surface area contributed by atoms with Crippen LogP contribution in [-0.2, 0) is 4.74 Å². The lowest BCUT2D eigenvalue weighted by atomic mass is 9.99. The van der Waals surface area contributed by atoms with Crippen molar-refractivity contribution in [2.24, 2.45) is 0 Å². The van der Waals surface area contributed by atoms with Crippen LogP contribution in [0.25, 0.3) is 0 Å². The second-order valence-corrected chi connectivity index (χ2v) is 4.98. The molecule has 0 saturated carbocycles. The van der Waals surface area contributed by atoms with Crippen molar-refractivity contribution < 1.29 is 9.47 Å². The first-order valence-electron chi connectivity index (χ1n) is 7.41. The molecule has 2 atom stereocenters. The Morgan fingerprint density at radius 1 is 1.32 bits per heavy atom. The molecule has 2 unspecified atom stereocenters. The quantitative estimate of drug-likeness (QED) is 0.818. The summed E-state index contributed by atoms with van der Waals surface area (Å²) in [5, 5.41) is 3.56. The zero-order chi connectivity index (χ0) is 13.5. The fourth-order valence-electron chi connectivity index (χ4n) is 2.64. The minimum absolute atomic E-state index is 0.378. The zero-order valence-electron chi connectivity index (χ0n) is 12.0. The topological polar surface area (TPSA) is 30.5 Å². The van der Waals surface area contributed by atoms with Crippen molar-refractivity contribution in [2.45, 2.75) is 45.3 Å². The predicted molar refractivity (Wildman–Crippen MR) is 77.6 cm³/mol. The Labute approximate surface area is 116 Å². The van der Waals surface area contributed by atoms with Crippen LogP contribution in [0.1, 0.15) is 44.7 Å². The lowest BCUT2D eigenvalue weighted by molar-refractivity contribution is 0.0947. The van der Waals surface area contributed by atoms with Gasteiger partial charge in [0.25, 0.3) is 0 Å². The molecule has 1 aromatic rings. The van der Waals surface area contributed by atoms with Gasteiger partial charge in [0.15, 0.2) is 0 Å². The fourth-order valence-corrected chi connectivity index (χ4v) is 2.64. The number of benzene rings is 1. The molecule has 2 rings (SSSR count). The SMILES string of the molecule is CCNC(CC1CCCO1)c1ccc(OCC)cc1. The number of hydrogen-bond acceptors (Lipinski definition) is 3. The molecule has 1 saturated heterocycles. The molecule has 0 aromatic heterocycles. The molecule has 0 bridgehead atoms. The van der Waals surface area contributed by atoms with Crippen LogP contribution in [0.5, 0.6) is 5.75 Å². The minimum atomic E-state index is 0.378. The summed E-state index contributed by atoms with van der Waals surface area (Å²) in [4.78, 5) is 0. The van der Waals surface area contributed by atoms with Crippen molar-refractivity contribution in [2.75, 3.05) is 19.8 Å². The van der Waals surface area contributed by atoms with Gasteiger partial charge in [-0.25, -0.2) is 0 Å². The Hall–Kier alpha value is -1.06. The van der Waals surface area contributed by atoms with E-state index in [1.165, 1.54) is 18.4 Å². The maximum Gasteiger partial charge on any atom is 0.119 e. The van der Waals surface area contributed by atoms with Gasteiger partial charge in [-0.3, -0.25) is 0 Å². The smallest absolute Gasteiger partial charge is 0.119 e. The van der Waals surface area contributed by atoms with Gasteiger partial charge >= 0.3 is 0 Å². The third kappa shape index (κ3) is 4.22. The predicted octanol–water partition coefficient (Wildman–Crippen LogP) is 3.31. The monoisotopic (exact) mass is 263 g/mol. The van der Waals surface area contributed by atoms with Crippen LogP contribution in [0.4, 0.5) is 0 Å². The van der Waals surface area contributed by atoms with Gasteiger partial charge in [-0.2, -0.15) is 0 Å². The first kappa shape index (κ1) is 14.4. The van der Waals surface area contributed by atoms with Crippen LogP contribution in [-0.4, -0.2) is 25.9 Å². The second kappa shape index (κ2) is 7.51. The molecule has 0 amide bonds. The van der Waals surface area contributed by atoms with Crippen molar-refractivity contribution in [1.29, 1.82) is 0 Å². The lowest BCUT2D eigenvalue weighted by Crippen LogP contribution is -2.25. The molecule has 106 valence electrons. The average molecular weight is 263 g/mol. The molecule has 1 fully saturated rings. The van der Waals surface area contributed by atoms with Gasteiger partial charge in [-0.05, 0) is 50.4 Å². The highest BCUT2D eigenvalue weighted by atomic mass is 16.5. The molecular formula is C16H25NO2. The standard InChI is InChI=1S/C16H25NO2/c1-3-17-16(12-15-6-5-11-19-15)13-7-9-14(10-8-13)18-4-2/h7-10,15-17H,3-6,11-12H2,1-2H3. The first-order chi connectivity index (χ1) is 9.33. The fraction of sp³-hybridized carbons (Fsp3) is 0.625. The van der Waals surface area contributed by atoms with Crippen molar-refractivity contribution in [3.05, 3.63) is 29.8 Å². The Balaban J connectivity index is 2.00. The van der Waals surface area contributed by atoms with E-state index in [9.17, 15) is 0 Å². The van der Waals surface area contributed by atoms with Gasteiger partial charge in [0.1, 0.15) is 5.75 Å². The highest BCUT2D eigenvalue weighted by Gasteiger charge is 2.21. The summed E-state index contributed by atoms with van der Waals surface area (Å²) < 4.78 is 11.2. The summed E-state index contributed by atoms with van der Waals surface area (Å²) >= 11 is 0. The van der Waals surface area contributed by atoms with Gasteiger partial charge in [0, 0.05) is 12.6 Å². The normalized spacial score (nSPS) is 20.4. The van der Waals surface area contributed by atoms with Crippen LogP contribution in [0, 0.1) is 0 Å². The number of hydrogen-bond donors (Lipinski definition) is 1. The van der Waals surface area contributed by atoms with Crippen molar-refractivity contribution in [3.63, 3.8) is 0 Å². The molecule has 3 nitrogen and oxygen atoms in total. The van der Waals surface area contributed by atoms with Gasteiger partial charge in [-0.15, -0.1) is 0 Å². The molecular weight excluding hydrogens is 238 g/mol. The molecule has 19 heavy (non-hydrogen) atoms. The maximum absolute atomic E-state index is 5.75. The second-order valence-electron chi connectivity index (χ2n) is 4.98. The lowest BCUT2D eigenvalue weighted by Gasteiger charge is -2.22. The van der Waals surface area contributed by atoms with E-state index < -0.39 is 0 Å². The van der Waals surface area contributed by atoms with Crippen molar-refractivity contribution >= 4 is 0 Å². The molecule has 3 heteroatoms. The van der Waals surface area contributed by atoms with Crippen molar-refractivity contribution in [1.82, 2.24) is 5.32 Å². The van der Waals surface area contributed by atoms with E-state index in [0.717, 1.165) is 25.3 Å². The Morgan fingerprint density at radius 2 is 2.11 bits per heavy atom. The third-order valence-corrected chi connectivity index (χ3v) is 3.57. The summed E-state index contributed by atoms with van der Waals surface area (Å²) in [5.41, 5.74) is 1.32. The maximum atomic E-state index is 5.75. The van der Waals surface area contributed by atoms with E-state index in [2.05, 4.69) is 36.5 Å². The molecule has 1 aliphatic rings. The molecule has 1 aliphatic heterocycles. The Kier molecular flexibility index (Phi) is 5.67. The molecule has 0 aliphatic carbocycles. The van der Waals surface area contributed by atoms with Gasteiger partial charge in [-0.1, -0.05) is 19.1 Å². The van der Waals surface area contributed by atoms with Gasteiger partial charge in [0.2, 0.25) is 0 Å². The molecule has 0 spiro atoms. The van der Waals surface area contributed by atoms with Crippen LogP contribution in [0.3, 0.4) is 0 Å². The highest BCUT2D eigenvalue weighted by molar-refractivity contribution is 5.29. The zero-order valence-corrected chi connectivity index (χ0v) is 12.0. The van der Waals surface area contributed by atoms with Crippen LogP contribution < -0.4 is 10.1 Å². The number of ether oxygens (including phenoxy) is 2. The summed E-state index contributed by atoms with van der Waals surface area (Å²) in [6.07, 6.45) is 3.86. The highest BCUT2D eigenvalue weighted by Crippen LogP contribution is 2.26. The average Bonchev–Trinajstić information content (AvgIpc) is 2.93. The van der Waals surface area contributed by atoms with E-state index >= 15 is 0 Å². The third-order valence-electron chi connectivity index (χ3n) is 3.57. The van der Waals surface area contributed by atoms with E-state index in [1.54, 1.807) is 0 Å². The van der Waals surface area contributed by atoms with Crippen molar-refractivity contribution in [3.8, 4) is 5.75 Å². The van der Waals surface area contributed by atoms with E-state index in [1.807, 2.05) is 6.92 Å². The minimum Gasteiger partial charge on any atom is -0.494 e. The summed E-state index contributed by atoms with van der Waals surface area (Å²) in [7, 11) is 0. The molecule has 0 radical (unpaired) electrons. The Morgan fingerprint density at radius 3 is 2.68 bits per heavy atom. The molecule has 1 heterocycles. The van der Waals surface area contributed by atoms with E-state index in [4.69, 9.17) is 9.47 Å². The van der Waals surface area contributed by atoms with Crippen LogP contribution >= 0.6 is 0 Å². The van der Waals surface area contributed by atoms with Crippen LogP contribution in [0.2, 0.25) is 0 Å². The van der Waals surface area contributed by atoms with Crippen LogP contribution in [0.15, 0.2) is 24.3 Å². The molecule has 1 N–H and O–H groups in total. The van der Waals surface area contributed by atoms with Gasteiger partial charge < -0.3 is 14.8 Å². The summed E-state index contributed by atoms with van der Waals surface area (Å²) in [6, 6.07) is 8.81. The van der Waals surface area contributed by atoms with E-state index in [0.29, 0.717) is 18.8 Å². The number of rotatable bonds is 7.